The van der Waals surface area contributed by atoms with Gasteiger partial charge >= 0.3 is 5.76 Å². The molecule has 102 valence electrons. The van der Waals surface area contributed by atoms with Gasteiger partial charge in [-0.05, 0) is 38.4 Å². The summed E-state index contributed by atoms with van der Waals surface area (Å²) in [4.78, 5) is 14.3. The number of aromatic nitrogens is 1. The SMILES string of the molecule is CC1CCCCN1CCn1c(=O)oc2ccccc21. The third-order valence-corrected chi connectivity index (χ3v) is 4.13. The summed E-state index contributed by atoms with van der Waals surface area (Å²) < 4.78 is 7.00. The number of hydrogen-bond donors (Lipinski definition) is 0. The van der Waals surface area contributed by atoms with Gasteiger partial charge in [0.1, 0.15) is 0 Å². The predicted molar refractivity (Wildman–Crippen MR) is 75.4 cm³/mol. The molecule has 1 fully saturated rings. The molecule has 0 spiro atoms. The number of likely N-dealkylation sites (tertiary alicyclic amines) is 1. The quantitative estimate of drug-likeness (QED) is 0.851. The maximum absolute atomic E-state index is 11.9. The second-order valence-electron chi connectivity index (χ2n) is 5.37. The summed E-state index contributed by atoms with van der Waals surface area (Å²) >= 11 is 0. The van der Waals surface area contributed by atoms with Crippen molar-refractivity contribution in [3.63, 3.8) is 0 Å². The molecule has 2 heterocycles. The van der Waals surface area contributed by atoms with Crippen molar-refractivity contribution in [2.24, 2.45) is 0 Å². The van der Waals surface area contributed by atoms with Gasteiger partial charge in [-0.25, -0.2) is 4.79 Å². The van der Waals surface area contributed by atoms with E-state index in [0.717, 1.165) is 18.6 Å². The number of piperidine rings is 1. The molecule has 0 amide bonds. The molecule has 0 saturated carbocycles. The van der Waals surface area contributed by atoms with E-state index >= 15 is 0 Å². The first kappa shape index (κ1) is 12.5. The number of nitrogens with zero attached hydrogens (tertiary/aromatic N) is 2. The lowest BCUT2D eigenvalue weighted by Gasteiger charge is -2.33. The Bertz CT molecular complexity index is 614. The summed E-state index contributed by atoms with van der Waals surface area (Å²) in [5.41, 5.74) is 1.58. The fourth-order valence-electron chi connectivity index (χ4n) is 2.94. The van der Waals surface area contributed by atoms with Crippen LogP contribution in [0.4, 0.5) is 0 Å². The van der Waals surface area contributed by atoms with Crippen LogP contribution in [-0.4, -0.2) is 28.6 Å². The van der Waals surface area contributed by atoms with Gasteiger partial charge in [0.2, 0.25) is 0 Å². The third kappa shape index (κ3) is 2.45. The molecule has 4 nitrogen and oxygen atoms in total. The number of hydrogen-bond acceptors (Lipinski definition) is 3. The molecule has 0 aliphatic carbocycles. The average Bonchev–Trinajstić information content (AvgIpc) is 2.74. The topological polar surface area (TPSA) is 38.4 Å². The monoisotopic (exact) mass is 260 g/mol. The van der Waals surface area contributed by atoms with Gasteiger partial charge in [-0.3, -0.25) is 9.47 Å². The van der Waals surface area contributed by atoms with Gasteiger partial charge in [-0.1, -0.05) is 18.6 Å². The second kappa shape index (κ2) is 5.21. The van der Waals surface area contributed by atoms with Crippen molar-refractivity contribution >= 4 is 11.1 Å². The lowest BCUT2D eigenvalue weighted by Crippen LogP contribution is -2.40. The minimum Gasteiger partial charge on any atom is -0.408 e. The van der Waals surface area contributed by atoms with Crippen LogP contribution in [0.2, 0.25) is 0 Å². The van der Waals surface area contributed by atoms with E-state index in [-0.39, 0.29) is 5.76 Å². The van der Waals surface area contributed by atoms with E-state index in [1.165, 1.54) is 19.3 Å². The maximum atomic E-state index is 11.9. The molecular formula is C15H20N2O2. The summed E-state index contributed by atoms with van der Waals surface area (Å²) in [6.45, 7) is 5.05. The molecule has 0 radical (unpaired) electrons. The molecule has 19 heavy (non-hydrogen) atoms. The van der Waals surface area contributed by atoms with Crippen molar-refractivity contribution in [2.45, 2.75) is 38.8 Å². The number of rotatable bonds is 3. The highest BCUT2D eigenvalue weighted by molar-refractivity contribution is 5.72. The van der Waals surface area contributed by atoms with Crippen molar-refractivity contribution in [3.8, 4) is 0 Å². The van der Waals surface area contributed by atoms with Gasteiger partial charge in [-0.15, -0.1) is 0 Å². The maximum Gasteiger partial charge on any atom is 0.419 e. The first-order chi connectivity index (χ1) is 9.25. The van der Waals surface area contributed by atoms with Gasteiger partial charge in [0.15, 0.2) is 5.58 Å². The molecular weight excluding hydrogens is 240 g/mol. The second-order valence-corrected chi connectivity index (χ2v) is 5.37. The van der Waals surface area contributed by atoms with Gasteiger partial charge in [-0.2, -0.15) is 0 Å². The summed E-state index contributed by atoms with van der Waals surface area (Å²) in [6.07, 6.45) is 3.86. The van der Waals surface area contributed by atoms with Crippen LogP contribution >= 0.6 is 0 Å². The molecule has 2 aromatic rings. The zero-order valence-corrected chi connectivity index (χ0v) is 11.3. The lowest BCUT2D eigenvalue weighted by molar-refractivity contribution is 0.154. The molecule has 1 atom stereocenters. The van der Waals surface area contributed by atoms with Crippen LogP contribution in [0.1, 0.15) is 26.2 Å². The largest absolute Gasteiger partial charge is 0.419 e. The van der Waals surface area contributed by atoms with Crippen LogP contribution in [0.25, 0.3) is 11.1 Å². The lowest BCUT2D eigenvalue weighted by atomic mass is 10.0. The van der Waals surface area contributed by atoms with Crippen LogP contribution in [0.5, 0.6) is 0 Å². The van der Waals surface area contributed by atoms with E-state index in [9.17, 15) is 4.79 Å². The van der Waals surface area contributed by atoms with Gasteiger partial charge in [0.05, 0.1) is 5.52 Å². The number of para-hydroxylation sites is 2. The van der Waals surface area contributed by atoms with Gasteiger partial charge in [0, 0.05) is 19.1 Å². The first-order valence-electron chi connectivity index (χ1n) is 7.08. The summed E-state index contributed by atoms with van der Waals surface area (Å²) in [5.74, 6) is -0.245. The molecule has 1 aliphatic rings. The molecule has 1 aromatic heterocycles. The van der Waals surface area contributed by atoms with E-state index < -0.39 is 0 Å². The fraction of sp³-hybridized carbons (Fsp3) is 0.533. The Morgan fingerprint density at radius 1 is 1.26 bits per heavy atom. The highest BCUT2D eigenvalue weighted by Gasteiger charge is 2.18. The molecule has 3 rings (SSSR count). The number of benzene rings is 1. The molecule has 1 unspecified atom stereocenters. The van der Waals surface area contributed by atoms with Crippen LogP contribution in [-0.2, 0) is 6.54 Å². The zero-order valence-electron chi connectivity index (χ0n) is 11.3. The van der Waals surface area contributed by atoms with Crippen molar-refractivity contribution in [1.29, 1.82) is 0 Å². The van der Waals surface area contributed by atoms with Gasteiger partial charge < -0.3 is 4.42 Å². The minimum atomic E-state index is -0.245. The smallest absolute Gasteiger partial charge is 0.408 e. The summed E-state index contributed by atoms with van der Waals surface area (Å²) in [5, 5.41) is 0. The Labute approximate surface area is 112 Å². The van der Waals surface area contributed by atoms with Crippen LogP contribution < -0.4 is 5.76 Å². The number of fused-ring (bicyclic) bond motifs is 1. The van der Waals surface area contributed by atoms with Crippen molar-refractivity contribution in [3.05, 3.63) is 34.8 Å². The van der Waals surface area contributed by atoms with Crippen LogP contribution in [0.15, 0.2) is 33.5 Å². The third-order valence-electron chi connectivity index (χ3n) is 4.13. The molecule has 1 aliphatic heterocycles. The first-order valence-corrected chi connectivity index (χ1v) is 7.08. The highest BCUT2D eigenvalue weighted by atomic mass is 16.4. The minimum absolute atomic E-state index is 0.245. The van der Waals surface area contributed by atoms with Gasteiger partial charge in [0.25, 0.3) is 0 Å². The molecule has 0 bridgehead atoms. The van der Waals surface area contributed by atoms with Crippen LogP contribution in [0.3, 0.4) is 0 Å². The summed E-state index contributed by atoms with van der Waals surface area (Å²) in [6, 6.07) is 8.25. The van der Waals surface area contributed by atoms with Crippen molar-refractivity contribution < 1.29 is 4.42 Å². The zero-order chi connectivity index (χ0) is 13.2. The Kier molecular flexibility index (Phi) is 3.42. The van der Waals surface area contributed by atoms with E-state index in [4.69, 9.17) is 4.42 Å². The Morgan fingerprint density at radius 3 is 2.95 bits per heavy atom. The summed E-state index contributed by atoms with van der Waals surface area (Å²) in [7, 11) is 0. The van der Waals surface area contributed by atoms with Crippen molar-refractivity contribution in [1.82, 2.24) is 9.47 Å². The molecule has 1 saturated heterocycles. The molecule has 1 aromatic carbocycles. The number of oxazole rings is 1. The van der Waals surface area contributed by atoms with E-state index in [0.29, 0.717) is 18.2 Å². The Morgan fingerprint density at radius 2 is 2.11 bits per heavy atom. The molecule has 0 N–H and O–H groups in total. The van der Waals surface area contributed by atoms with Crippen LogP contribution in [0, 0.1) is 0 Å². The standard InChI is InChI=1S/C15H20N2O2/c1-12-6-4-5-9-16(12)10-11-17-13-7-2-3-8-14(13)19-15(17)18/h2-3,7-8,12H,4-6,9-11H2,1H3. The van der Waals surface area contributed by atoms with Crippen molar-refractivity contribution in [2.75, 3.05) is 13.1 Å². The van der Waals surface area contributed by atoms with E-state index in [1.807, 2.05) is 24.3 Å². The normalized spacial score (nSPS) is 21.0. The predicted octanol–water partition coefficient (Wildman–Crippen LogP) is 2.47. The van der Waals surface area contributed by atoms with E-state index in [2.05, 4.69) is 11.8 Å². The fourth-order valence-corrected chi connectivity index (χ4v) is 2.94. The Hall–Kier alpha value is -1.55. The van der Waals surface area contributed by atoms with E-state index in [1.54, 1.807) is 4.57 Å². The Balaban J connectivity index is 1.78. The average molecular weight is 260 g/mol. The molecule has 4 heteroatoms. The highest BCUT2D eigenvalue weighted by Crippen LogP contribution is 2.17.